The molecule has 0 radical (unpaired) electrons. The number of carbonyl (C=O) groups is 1. The number of nitrogens with two attached hydrogens (primary N) is 1. The minimum Gasteiger partial charge on any atom is -0.369 e. The van der Waals surface area contributed by atoms with Gasteiger partial charge in [-0.3, -0.25) is 4.79 Å². The number of rotatable bonds is 2. The summed E-state index contributed by atoms with van der Waals surface area (Å²) in [6, 6.07) is 1.69. The van der Waals surface area contributed by atoms with Crippen LogP contribution in [-0.4, -0.2) is 5.91 Å². The summed E-state index contributed by atoms with van der Waals surface area (Å²) >= 11 is 0. The Morgan fingerprint density at radius 3 is 2.56 bits per heavy atom. The van der Waals surface area contributed by atoms with Gasteiger partial charge in [0.05, 0.1) is 6.07 Å². The second kappa shape index (κ2) is 3.51. The van der Waals surface area contributed by atoms with Crippen molar-refractivity contribution in [2.45, 2.75) is 6.42 Å². The van der Waals surface area contributed by atoms with E-state index in [0.717, 1.165) is 0 Å². The molecule has 0 spiro atoms. The molecule has 2 N–H and O–H groups in total. The quantitative estimate of drug-likeness (QED) is 0.508. The van der Waals surface area contributed by atoms with Gasteiger partial charge >= 0.3 is 0 Å². The van der Waals surface area contributed by atoms with Crippen LogP contribution in [0, 0.1) is 29.6 Å². The van der Waals surface area contributed by atoms with E-state index >= 15 is 0 Å². The highest BCUT2D eigenvalue weighted by Gasteiger charge is 2.10. The lowest BCUT2D eigenvalue weighted by atomic mass is 10.1. The Morgan fingerprint density at radius 2 is 2.44 bits per heavy atom. The average molecular weight is 122 g/mol. The van der Waals surface area contributed by atoms with Crippen LogP contribution in [0.3, 0.4) is 0 Å². The summed E-state index contributed by atoms with van der Waals surface area (Å²) < 4.78 is 0. The van der Waals surface area contributed by atoms with Crippen LogP contribution >= 0.6 is 0 Å². The third kappa shape index (κ3) is 2.36. The fourth-order valence-corrected chi connectivity index (χ4v) is 0.328. The normalized spacial score (nSPS) is 10.9. The molecule has 3 heteroatoms. The van der Waals surface area contributed by atoms with Gasteiger partial charge in [0, 0.05) is 6.42 Å². The second-order valence-electron chi connectivity index (χ2n) is 1.49. The molecule has 0 aliphatic rings. The highest BCUT2D eigenvalue weighted by Crippen LogP contribution is 1.96. The van der Waals surface area contributed by atoms with Crippen LogP contribution in [0.25, 0.3) is 0 Å². The summed E-state index contributed by atoms with van der Waals surface area (Å²) in [4.78, 5) is 10.2. The summed E-state index contributed by atoms with van der Waals surface area (Å²) in [5.74, 6) is 0.696. The largest absolute Gasteiger partial charge is 0.369 e. The molecule has 0 aliphatic heterocycles. The maximum absolute atomic E-state index is 10.2. The lowest BCUT2D eigenvalue weighted by Crippen LogP contribution is -2.21. The predicted molar refractivity (Wildman–Crippen MR) is 31.7 cm³/mol. The molecule has 46 valence electrons. The van der Waals surface area contributed by atoms with E-state index in [4.69, 9.17) is 17.4 Å². The Balaban J connectivity index is 3.91. The zero-order chi connectivity index (χ0) is 7.28. The minimum atomic E-state index is -0.824. The van der Waals surface area contributed by atoms with Gasteiger partial charge in [-0.05, 0) is 0 Å². The Hall–Kier alpha value is -1.48. The van der Waals surface area contributed by atoms with Gasteiger partial charge in [-0.15, -0.1) is 12.3 Å². The number of primary amides is 1. The molecule has 1 amide bonds. The first-order chi connectivity index (χ1) is 4.22. The first kappa shape index (κ1) is 7.52. The fourth-order valence-electron chi connectivity index (χ4n) is 0.328. The molecule has 0 saturated carbocycles. The van der Waals surface area contributed by atoms with Crippen LogP contribution in [0.4, 0.5) is 0 Å². The van der Waals surface area contributed by atoms with E-state index < -0.39 is 11.8 Å². The standard InChI is InChI=1S/C6H6N2O/c1-2-3-5(4-7)6(8)9/h1,5H,3H2,(H2,8,9). The smallest absolute Gasteiger partial charge is 0.235 e. The molecular weight excluding hydrogens is 116 g/mol. The number of nitrogens with zero attached hydrogens (tertiary/aromatic N) is 1. The summed E-state index contributed by atoms with van der Waals surface area (Å²) in [5, 5.41) is 8.18. The van der Waals surface area contributed by atoms with Crippen molar-refractivity contribution in [3.8, 4) is 18.4 Å². The summed E-state index contributed by atoms with van der Waals surface area (Å²) in [6.45, 7) is 0. The van der Waals surface area contributed by atoms with Gasteiger partial charge in [0.15, 0.2) is 0 Å². The van der Waals surface area contributed by atoms with Crippen molar-refractivity contribution in [3.63, 3.8) is 0 Å². The van der Waals surface area contributed by atoms with Crippen LogP contribution in [0.5, 0.6) is 0 Å². The third-order valence-electron chi connectivity index (χ3n) is 0.821. The molecule has 0 bridgehead atoms. The van der Waals surface area contributed by atoms with Crippen molar-refractivity contribution in [3.05, 3.63) is 0 Å². The zero-order valence-corrected chi connectivity index (χ0v) is 4.79. The fraction of sp³-hybridized carbons (Fsp3) is 0.333. The van der Waals surface area contributed by atoms with Gasteiger partial charge in [-0.25, -0.2) is 0 Å². The van der Waals surface area contributed by atoms with E-state index in [1.165, 1.54) is 0 Å². The predicted octanol–water partition coefficient (Wildman–Crippen LogP) is -0.365. The third-order valence-corrected chi connectivity index (χ3v) is 0.821. The highest BCUT2D eigenvalue weighted by molar-refractivity contribution is 5.79. The highest BCUT2D eigenvalue weighted by atomic mass is 16.1. The van der Waals surface area contributed by atoms with Gasteiger partial charge < -0.3 is 5.73 Å². The molecule has 9 heavy (non-hydrogen) atoms. The Morgan fingerprint density at radius 1 is 1.89 bits per heavy atom. The van der Waals surface area contributed by atoms with Crippen molar-refractivity contribution in [1.29, 1.82) is 5.26 Å². The number of terminal acetylenes is 1. The summed E-state index contributed by atoms with van der Waals surface area (Å²) in [5.41, 5.74) is 4.78. The first-order valence-corrected chi connectivity index (χ1v) is 2.34. The van der Waals surface area contributed by atoms with Crippen molar-refractivity contribution in [2.75, 3.05) is 0 Å². The van der Waals surface area contributed by atoms with Crippen LogP contribution in [0.15, 0.2) is 0 Å². The van der Waals surface area contributed by atoms with Crippen LogP contribution < -0.4 is 5.73 Å². The SMILES string of the molecule is C#CCC(C#N)C(N)=O. The number of nitriles is 1. The minimum absolute atomic E-state index is 0.103. The first-order valence-electron chi connectivity index (χ1n) is 2.34. The molecular formula is C6H6N2O. The Labute approximate surface area is 53.5 Å². The van der Waals surface area contributed by atoms with Gasteiger partial charge in [0.2, 0.25) is 5.91 Å². The lowest BCUT2D eigenvalue weighted by molar-refractivity contribution is -0.120. The molecule has 1 unspecified atom stereocenters. The van der Waals surface area contributed by atoms with E-state index in [1.807, 2.05) is 0 Å². The monoisotopic (exact) mass is 122 g/mol. The topological polar surface area (TPSA) is 66.9 Å². The summed E-state index contributed by atoms with van der Waals surface area (Å²) in [6.07, 6.45) is 4.94. The van der Waals surface area contributed by atoms with Crippen molar-refractivity contribution < 1.29 is 4.79 Å². The molecule has 0 aliphatic carbocycles. The van der Waals surface area contributed by atoms with Crippen LogP contribution in [0.1, 0.15) is 6.42 Å². The van der Waals surface area contributed by atoms with Gasteiger partial charge in [0.1, 0.15) is 5.92 Å². The Bertz CT molecular complexity index is 184. The molecule has 0 fully saturated rings. The van der Waals surface area contributed by atoms with Crippen molar-refractivity contribution in [1.82, 2.24) is 0 Å². The molecule has 0 aromatic rings. The van der Waals surface area contributed by atoms with Crippen LogP contribution in [-0.2, 0) is 4.79 Å². The van der Waals surface area contributed by atoms with Crippen LogP contribution in [0.2, 0.25) is 0 Å². The molecule has 0 saturated heterocycles. The average Bonchev–Trinajstić information content (AvgIpc) is 1.82. The lowest BCUT2D eigenvalue weighted by Gasteiger charge is -1.94. The van der Waals surface area contributed by atoms with E-state index in [0.29, 0.717) is 0 Å². The summed E-state index contributed by atoms with van der Waals surface area (Å²) in [7, 11) is 0. The number of hydrogen-bond donors (Lipinski definition) is 1. The zero-order valence-electron chi connectivity index (χ0n) is 4.79. The van der Waals surface area contributed by atoms with E-state index in [9.17, 15) is 4.79 Å². The van der Waals surface area contributed by atoms with E-state index in [-0.39, 0.29) is 6.42 Å². The molecule has 1 atom stereocenters. The Kier molecular flexibility index (Phi) is 2.94. The van der Waals surface area contributed by atoms with Gasteiger partial charge in [-0.2, -0.15) is 5.26 Å². The molecule has 0 heterocycles. The van der Waals surface area contributed by atoms with E-state index in [2.05, 4.69) is 5.92 Å². The maximum Gasteiger partial charge on any atom is 0.235 e. The number of amides is 1. The van der Waals surface area contributed by atoms with E-state index in [1.54, 1.807) is 6.07 Å². The van der Waals surface area contributed by atoms with Gasteiger partial charge in [-0.1, -0.05) is 0 Å². The van der Waals surface area contributed by atoms with Crippen molar-refractivity contribution >= 4 is 5.91 Å². The maximum atomic E-state index is 10.2. The molecule has 0 aromatic heterocycles. The number of carbonyl (C=O) groups excluding carboxylic acids is 1. The van der Waals surface area contributed by atoms with Crippen molar-refractivity contribution in [2.24, 2.45) is 11.7 Å². The molecule has 0 rings (SSSR count). The second-order valence-corrected chi connectivity index (χ2v) is 1.49. The van der Waals surface area contributed by atoms with Gasteiger partial charge in [0.25, 0.3) is 0 Å². The molecule has 0 aromatic carbocycles. The number of hydrogen-bond acceptors (Lipinski definition) is 2. The molecule has 3 nitrogen and oxygen atoms in total.